The van der Waals surface area contributed by atoms with Crippen LogP contribution in [0.1, 0.15) is 56.8 Å². The third-order valence-corrected chi connectivity index (χ3v) is 5.96. The van der Waals surface area contributed by atoms with Crippen LogP contribution in [0.25, 0.3) is 0 Å². The standard InChI is InChI=1S/C22H32N4O2/c1-16-12-26(24-22(16)27-15-19-6-4-5-11-23-19)21-9-7-20(8-10-21)25-13-17(2)28-18(3)14-25/h4-6,11-12,17-18,20-21H,7-10,13-15H2,1-3H3/t17-,18+,20?,21?. The van der Waals surface area contributed by atoms with E-state index in [0.29, 0.717) is 30.9 Å². The molecule has 0 N–H and O–H groups in total. The molecule has 3 heterocycles. The van der Waals surface area contributed by atoms with Crippen LogP contribution in [0.4, 0.5) is 0 Å². The van der Waals surface area contributed by atoms with E-state index in [9.17, 15) is 0 Å². The zero-order valence-electron chi connectivity index (χ0n) is 17.3. The Hall–Kier alpha value is -1.92. The second kappa shape index (κ2) is 8.62. The van der Waals surface area contributed by atoms with E-state index in [1.165, 1.54) is 25.7 Å². The van der Waals surface area contributed by atoms with Crippen molar-refractivity contribution in [3.8, 4) is 5.88 Å². The van der Waals surface area contributed by atoms with Crippen LogP contribution < -0.4 is 4.74 Å². The average molecular weight is 385 g/mol. The summed E-state index contributed by atoms with van der Waals surface area (Å²) in [5, 5.41) is 4.74. The van der Waals surface area contributed by atoms with E-state index in [0.717, 1.165) is 30.2 Å². The predicted molar refractivity (Wildman–Crippen MR) is 108 cm³/mol. The van der Waals surface area contributed by atoms with Crippen LogP contribution in [-0.4, -0.2) is 51.0 Å². The van der Waals surface area contributed by atoms with Crippen molar-refractivity contribution in [3.63, 3.8) is 0 Å². The lowest BCUT2D eigenvalue weighted by Crippen LogP contribution is -2.51. The van der Waals surface area contributed by atoms with E-state index < -0.39 is 0 Å². The van der Waals surface area contributed by atoms with E-state index in [4.69, 9.17) is 14.6 Å². The van der Waals surface area contributed by atoms with Crippen molar-refractivity contribution in [1.29, 1.82) is 0 Å². The summed E-state index contributed by atoms with van der Waals surface area (Å²) in [5.41, 5.74) is 2.01. The first-order chi connectivity index (χ1) is 13.6. The summed E-state index contributed by atoms with van der Waals surface area (Å²) >= 11 is 0. The minimum Gasteiger partial charge on any atom is -0.470 e. The first kappa shape index (κ1) is 19.4. The van der Waals surface area contributed by atoms with Crippen LogP contribution in [0.5, 0.6) is 5.88 Å². The molecule has 4 rings (SSSR count). The summed E-state index contributed by atoms with van der Waals surface area (Å²) in [4.78, 5) is 6.95. The van der Waals surface area contributed by atoms with Gasteiger partial charge in [-0.1, -0.05) is 6.07 Å². The monoisotopic (exact) mass is 384 g/mol. The van der Waals surface area contributed by atoms with Gasteiger partial charge in [-0.2, -0.15) is 0 Å². The van der Waals surface area contributed by atoms with Crippen molar-refractivity contribution in [2.45, 2.75) is 77.4 Å². The highest BCUT2D eigenvalue weighted by Gasteiger charge is 2.31. The summed E-state index contributed by atoms with van der Waals surface area (Å²) in [6.07, 6.45) is 9.41. The summed E-state index contributed by atoms with van der Waals surface area (Å²) in [7, 11) is 0. The molecule has 1 aliphatic heterocycles. The van der Waals surface area contributed by atoms with Crippen LogP contribution in [0, 0.1) is 6.92 Å². The SMILES string of the molecule is Cc1cn(C2CCC(N3C[C@@H](C)O[C@@H](C)C3)CC2)nc1OCc1ccccn1. The quantitative estimate of drug-likeness (QED) is 0.786. The van der Waals surface area contributed by atoms with E-state index >= 15 is 0 Å². The van der Waals surface area contributed by atoms with Gasteiger partial charge >= 0.3 is 0 Å². The maximum absolute atomic E-state index is 5.92. The Morgan fingerprint density at radius 1 is 1.07 bits per heavy atom. The zero-order chi connectivity index (χ0) is 19.5. The molecule has 2 fully saturated rings. The van der Waals surface area contributed by atoms with Crippen molar-refractivity contribution in [2.24, 2.45) is 0 Å². The molecule has 6 heteroatoms. The number of hydrogen-bond acceptors (Lipinski definition) is 5. The molecular weight excluding hydrogens is 352 g/mol. The fourth-order valence-electron chi connectivity index (χ4n) is 4.63. The smallest absolute Gasteiger partial charge is 0.236 e. The molecule has 0 radical (unpaired) electrons. The Morgan fingerprint density at radius 2 is 1.79 bits per heavy atom. The molecule has 1 saturated carbocycles. The number of nitrogens with zero attached hydrogens (tertiary/aromatic N) is 4. The van der Waals surface area contributed by atoms with Gasteiger partial charge in [0.25, 0.3) is 0 Å². The number of aryl methyl sites for hydroxylation is 1. The van der Waals surface area contributed by atoms with Crippen molar-refractivity contribution in [1.82, 2.24) is 19.7 Å². The highest BCUT2D eigenvalue weighted by atomic mass is 16.5. The number of ether oxygens (including phenoxy) is 2. The molecule has 1 saturated heterocycles. The topological polar surface area (TPSA) is 52.4 Å². The Bertz CT molecular complexity index is 745. The molecule has 6 nitrogen and oxygen atoms in total. The first-order valence-corrected chi connectivity index (χ1v) is 10.6. The lowest BCUT2D eigenvalue weighted by atomic mass is 9.89. The van der Waals surface area contributed by atoms with Crippen LogP contribution in [0.15, 0.2) is 30.6 Å². The lowest BCUT2D eigenvalue weighted by Gasteiger charge is -2.42. The van der Waals surface area contributed by atoms with Gasteiger partial charge in [0.05, 0.1) is 23.9 Å². The molecule has 0 aromatic carbocycles. The van der Waals surface area contributed by atoms with Gasteiger partial charge in [-0.05, 0) is 58.6 Å². The van der Waals surface area contributed by atoms with Crippen molar-refractivity contribution in [2.75, 3.05) is 13.1 Å². The van der Waals surface area contributed by atoms with E-state index in [1.807, 2.05) is 18.2 Å². The predicted octanol–water partition coefficient (Wildman–Crippen LogP) is 3.76. The van der Waals surface area contributed by atoms with Gasteiger partial charge in [0.2, 0.25) is 5.88 Å². The Labute approximate surface area is 167 Å². The van der Waals surface area contributed by atoms with Crippen LogP contribution in [0.2, 0.25) is 0 Å². The van der Waals surface area contributed by atoms with Crippen LogP contribution in [-0.2, 0) is 11.3 Å². The maximum Gasteiger partial charge on any atom is 0.236 e. The van der Waals surface area contributed by atoms with E-state index in [2.05, 4.69) is 41.5 Å². The molecule has 0 bridgehead atoms. The zero-order valence-corrected chi connectivity index (χ0v) is 17.3. The van der Waals surface area contributed by atoms with Crippen molar-refractivity contribution < 1.29 is 9.47 Å². The van der Waals surface area contributed by atoms with E-state index in [1.54, 1.807) is 6.20 Å². The normalized spacial score (nSPS) is 29.0. The number of hydrogen-bond donors (Lipinski definition) is 0. The highest BCUT2D eigenvalue weighted by Crippen LogP contribution is 2.33. The highest BCUT2D eigenvalue weighted by molar-refractivity contribution is 5.22. The summed E-state index contributed by atoms with van der Waals surface area (Å²) in [6, 6.07) is 7.02. The molecule has 2 aliphatic rings. The summed E-state index contributed by atoms with van der Waals surface area (Å²) < 4.78 is 13.9. The van der Waals surface area contributed by atoms with Crippen molar-refractivity contribution >= 4 is 0 Å². The largest absolute Gasteiger partial charge is 0.470 e. The second-order valence-electron chi connectivity index (χ2n) is 8.38. The molecule has 152 valence electrons. The third kappa shape index (κ3) is 4.55. The van der Waals surface area contributed by atoms with Gasteiger partial charge in [0, 0.05) is 37.1 Å². The Kier molecular flexibility index (Phi) is 5.97. The minimum atomic E-state index is 0.342. The molecule has 2 aromatic rings. The minimum absolute atomic E-state index is 0.342. The van der Waals surface area contributed by atoms with Gasteiger partial charge in [-0.25, -0.2) is 0 Å². The van der Waals surface area contributed by atoms with Gasteiger partial charge < -0.3 is 9.47 Å². The second-order valence-corrected chi connectivity index (χ2v) is 8.38. The molecule has 2 aromatic heterocycles. The lowest BCUT2D eigenvalue weighted by molar-refractivity contribution is -0.0852. The maximum atomic E-state index is 5.92. The average Bonchev–Trinajstić information content (AvgIpc) is 3.07. The van der Waals surface area contributed by atoms with Crippen LogP contribution >= 0.6 is 0 Å². The fraction of sp³-hybridized carbons (Fsp3) is 0.636. The fourth-order valence-corrected chi connectivity index (χ4v) is 4.63. The molecule has 0 amide bonds. The molecule has 2 atom stereocenters. The summed E-state index contributed by atoms with van der Waals surface area (Å²) in [5.74, 6) is 0.726. The van der Waals surface area contributed by atoms with Gasteiger partial charge in [-0.15, -0.1) is 5.10 Å². The van der Waals surface area contributed by atoms with Crippen LogP contribution in [0.3, 0.4) is 0 Å². The molecule has 28 heavy (non-hydrogen) atoms. The Morgan fingerprint density at radius 3 is 2.46 bits per heavy atom. The van der Waals surface area contributed by atoms with Gasteiger partial charge in [0.15, 0.2) is 0 Å². The number of morpholine rings is 1. The number of rotatable bonds is 5. The third-order valence-electron chi connectivity index (χ3n) is 5.96. The van der Waals surface area contributed by atoms with Crippen molar-refractivity contribution in [3.05, 3.63) is 41.9 Å². The molecule has 0 spiro atoms. The summed E-state index contributed by atoms with van der Waals surface area (Å²) in [6.45, 7) is 9.02. The molecule has 0 unspecified atom stereocenters. The first-order valence-electron chi connectivity index (χ1n) is 10.6. The molecular formula is C22H32N4O2. The molecule has 1 aliphatic carbocycles. The van der Waals surface area contributed by atoms with E-state index in [-0.39, 0.29) is 0 Å². The number of pyridine rings is 1. The van der Waals surface area contributed by atoms with Gasteiger partial charge in [-0.3, -0.25) is 14.6 Å². The number of aromatic nitrogens is 3. The Balaban J connectivity index is 1.32. The van der Waals surface area contributed by atoms with Gasteiger partial charge in [0.1, 0.15) is 6.61 Å².